The second-order valence-corrected chi connectivity index (χ2v) is 4.99. The van der Waals surface area contributed by atoms with E-state index in [1.807, 2.05) is 0 Å². The van der Waals surface area contributed by atoms with Crippen LogP contribution in [0.25, 0.3) is 0 Å². The highest BCUT2D eigenvalue weighted by molar-refractivity contribution is 9.09. The molecule has 0 amide bonds. The highest BCUT2D eigenvalue weighted by Crippen LogP contribution is 2.26. The summed E-state index contributed by atoms with van der Waals surface area (Å²) in [6, 6.07) is 6.84. The van der Waals surface area contributed by atoms with Gasteiger partial charge in [0.05, 0.1) is 0 Å². The number of benzene rings is 1. The molecule has 0 aliphatic rings. The van der Waals surface area contributed by atoms with E-state index in [0.29, 0.717) is 11.8 Å². The molecule has 1 aromatic rings. The van der Waals surface area contributed by atoms with Crippen molar-refractivity contribution < 1.29 is 0 Å². The minimum atomic E-state index is 0.632. The summed E-state index contributed by atoms with van der Waals surface area (Å²) in [5.41, 5.74) is 4.21. The van der Waals surface area contributed by atoms with Gasteiger partial charge in [0, 0.05) is 5.33 Å². The maximum absolute atomic E-state index is 3.55. The molecule has 2 unspecified atom stereocenters. The minimum Gasteiger partial charge on any atom is -0.0925 e. The lowest BCUT2D eigenvalue weighted by molar-refractivity contribution is 0.546. The van der Waals surface area contributed by atoms with Crippen LogP contribution in [0.3, 0.4) is 0 Å². The first kappa shape index (κ1) is 11.8. The quantitative estimate of drug-likeness (QED) is 0.700. The molecule has 0 aromatic heterocycles. The Morgan fingerprint density at radius 3 is 2.00 bits per heavy atom. The molecule has 0 aliphatic carbocycles. The molecule has 2 atom stereocenters. The lowest BCUT2D eigenvalue weighted by Crippen LogP contribution is -2.07. The monoisotopic (exact) mass is 254 g/mol. The minimum absolute atomic E-state index is 0.632. The Hall–Kier alpha value is -0.300. The van der Waals surface area contributed by atoms with Crippen LogP contribution in [-0.4, -0.2) is 5.33 Å². The van der Waals surface area contributed by atoms with Crippen LogP contribution < -0.4 is 0 Å². The highest BCUT2D eigenvalue weighted by Gasteiger charge is 2.13. The highest BCUT2D eigenvalue weighted by atomic mass is 79.9. The molecule has 0 spiro atoms. The van der Waals surface area contributed by atoms with Crippen molar-refractivity contribution in [1.82, 2.24) is 0 Å². The summed E-state index contributed by atoms with van der Waals surface area (Å²) >= 11 is 3.55. The van der Waals surface area contributed by atoms with Crippen LogP contribution in [-0.2, 0) is 0 Å². The van der Waals surface area contributed by atoms with Gasteiger partial charge in [0.25, 0.3) is 0 Å². The number of hydrogen-bond acceptors (Lipinski definition) is 0. The molecule has 1 aromatic carbocycles. The number of alkyl halides is 1. The largest absolute Gasteiger partial charge is 0.0925 e. The predicted molar refractivity (Wildman–Crippen MR) is 67.3 cm³/mol. The van der Waals surface area contributed by atoms with Crippen LogP contribution in [0.4, 0.5) is 0 Å². The van der Waals surface area contributed by atoms with Crippen LogP contribution >= 0.6 is 15.9 Å². The lowest BCUT2D eigenvalue weighted by Gasteiger charge is -2.19. The van der Waals surface area contributed by atoms with Gasteiger partial charge in [-0.15, -0.1) is 0 Å². The molecule has 0 radical (unpaired) electrons. The summed E-state index contributed by atoms with van der Waals surface area (Å²) in [5, 5.41) is 1.07. The number of rotatable bonds is 3. The van der Waals surface area contributed by atoms with Crippen molar-refractivity contribution in [2.45, 2.75) is 33.6 Å². The first-order valence-electron chi connectivity index (χ1n) is 5.18. The molecule has 1 heteroatoms. The molecule has 0 heterocycles. The van der Waals surface area contributed by atoms with Gasteiger partial charge >= 0.3 is 0 Å². The van der Waals surface area contributed by atoms with Crippen molar-refractivity contribution in [2.75, 3.05) is 5.33 Å². The van der Waals surface area contributed by atoms with Crippen molar-refractivity contribution in [3.63, 3.8) is 0 Å². The zero-order chi connectivity index (χ0) is 10.7. The Morgan fingerprint density at radius 1 is 1.07 bits per heavy atom. The first-order valence-corrected chi connectivity index (χ1v) is 6.31. The molecule has 78 valence electrons. The van der Waals surface area contributed by atoms with E-state index < -0.39 is 0 Å². The van der Waals surface area contributed by atoms with Gasteiger partial charge in [0.15, 0.2) is 0 Å². The molecule has 0 aliphatic heterocycles. The fourth-order valence-corrected chi connectivity index (χ4v) is 2.30. The van der Waals surface area contributed by atoms with Gasteiger partial charge in [-0.1, -0.05) is 59.1 Å². The Bertz CT molecular complexity index is 284. The topological polar surface area (TPSA) is 0 Å². The summed E-state index contributed by atoms with van der Waals surface area (Å²) in [6.07, 6.45) is 0. The van der Waals surface area contributed by atoms with Gasteiger partial charge in [-0.2, -0.15) is 0 Å². The van der Waals surface area contributed by atoms with Crippen LogP contribution in [0.1, 0.15) is 36.5 Å². The zero-order valence-corrected chi connectivity index (χ0v) is 11.1. The van der Waals surface area contributed by atoms with Crippen LogP contribution in [0, 0.1) is 19.8 Å². The Morgan fingerprint density at radius 2 is 1.57 bits per heavy atom. The summed E-state index contributed by atoms with van der Waals surface area (Å²) in [5.74, 6) is 1.32. The van der Waals surface area contributed by atoms with Crippen molar-refractivity contribution in [1.29, 1.82) is 0 Å². The number of aryl methyl sites for hydroxylation is 2. The maximum atomic E-state index is 3.55. The summed E-state index contributed by atoms with van der Waals surface area (Å²) < 4.78 is 0. The SMILES string of the molecule is Cc1cc(C)cc(C(C)C(C)CBr)c1. The van der Waals surface area contributed by atoms with Crippen LogP contribution in [0.2, 0.25) is 0 Å². The third kappa shape index (κ3) is 2.84. The molecule has 0 saturated carbocycles. The van der Waals surface area contributed by atoms with Gasteiger partial charge < -0.3 is 0 Å². The molecule has 1 rings (SSSR count). The zero-order valence-electron chi connectivity index (χ0n) is 9.47. The average molecular weight is 255 g/mol. The molecule has 14 heavy (non-hydrogen) atoms. The van der Waals surface area contributed by atoms with E-state index in [4.69, 9.17) is 0 Å². The predicted octanol–water partition coefficient (Wildman–Crippen LogP) is 4.44. The van der Waals surface area contributed by atoms with Gasteiger partial charge in [-0.05, 0) is 31.2 Å². The second-order valence-electron chi connectivity index (χ2n) is 4.34. The summed E-state index contributed by atoms with van der Waals surface area (Å²) in [7, 11) is 0. The third-order valence-corrected chi connectivity index (χ3v) is 3.89. The van der Waals surface area contributed by atoms with E-state index in [1.54, 1.807) is 0 Å². The lowest BCUT2D eigenvalue weighted by atomic mass is 9.88. The van der Waals surface area contributed by atoms with Crippen molar-refractivity contribution in [2.24, 2.45) is 5.92 Å². The Labute approximate surface area is 95.9 Å². The number of hydrogen-bond donors (Lipinski definition) is 0. The van der Waals surface area contributed by atoms with Gasteiger partial charge in [-0.3, -0.25) is 0 Å². The van der Waals surface area contributed by atoms with Crippen LogP contribution in [0.5, 0.6) is 0 Å². The second kappa shape index (κ2) is 4.97. The fourth-order valence-electron chi connectivity index (χ4n) is 1.73. The maximum Gasteiger partial charge on any atom is 0.00627 e. The van der Waals surface area contributed by atoms with Crippen molar-refractivity contribution in [3.8, 4) is 0 Å². The molecule has 0 saturated heterocycles. The molecule has 0 N–H and O–H groups in total. The van der Waals surface area contributed by atoms with E-state index >= 15 is 0 Å². The molecule has 0 nitrogen and oxygen atoms in total. The molecular weight excluding hydrogens is 236 g/mol. The first-order chi connectivity index (χ1) is 6.54. The van der Waals surface area contributed by atoms with Crippen molar-refractivity contribution >= 4 is 15.9 Å². The number of halogens is 1. The fraction of sp³-hybridized carbons (Fsp3) is 0.538. The van der Waals surface area contributed by atoms with Crippen LogP contribution in [0.15, 0.2) is 18.2 Å². The van der Waals surface area contributed by atoms with Gasteiger partial charge in [0.2, 0.25) is 0 Å². The standard InChI is InChI=1S/C13H19Br/c1-9-5-10(2)7-13(6-9)12(4)11(3)8-14/h5-7,11-12H,8H2,1-4H3. The van der Waals surface area contributed by atoms with E-state index in [9.17, 15) is 0 Å². The average Bonchev–Trinajstić information content (AvgIpc) is 2.14. The third-order valence-electron chi connectivity index (χ3n) is 2.87. The van der Waals surface area contributed by atoms with Gasteiger partial charge in [-0.25, -0.2) is 0 Å². The smallest absolute Gasteiger partial charge is 0.00627 e. The molecule has 0 fully saturated rings. The molecule has 0 bridgehead atoms. The Kier molecular flexibility index (Phi) is 4.18. The normalized spacial score (nSPS) is 15.2. The van der Waals surface area contributed by atoms with E-state index in [2.05, 4.69) is 61.8 Å². The summed E-state index contributed by atoms with van der Waals surface area (Å²) in [4.78, 5) is 0. The molecular formula is C13H19Br. The summed E-state index contributed by atoms with van der Waals surface area (Å²) in [6.45, 7) is 8.93. The van der Waals surface area contributed by atoms with E-state index in [0.717, 1.165) is 5.33 Å². The van der Waals surface area contributed by atoms with E-state index in [1.165, 1.54) is 16.7 Å². The van der Waals surface area contributed by atoms with Gasteiger partial charge in [0.1, 0.15) is 0 Å². The van der Waals surface area contributed by atoms with E-state index in [-0.39, 0.29) is 0 Å². The Balaban J connectivity index is 2.94. The van der Waals surface area contributed by atoms with Crippen molar-refractivity contribution in [3.05, 3.63) is 34.9 Å².